The van der Waals surface area contributed by atoms with E-state index in [2.05, 4.69) is 5.32 Å². The van der Waals surface area contributed by atoms with Gasteiger partial charge < -0.3 is 20.3 Å². The van der Waals surface area contributed by atoms with Gasteiger partial charge in [0.2, 0.25) is 6.10 Å². The molecule has 0 saturated carbocycles. The van der Waals surface area contributed by atoms with Crippen molar-refractivity contribution in [2.75, 3.05) is 5.32 Å². The molecule has 0 aliphatic rings. The van der Waals surface area contributed by atoms with Crippen molar-refractivity contribution in [1.29, 1.82) is 0 Å². The number of aliphatic hydroxyl groups excluding tert-OH is 1. The van der Waals surface area contributed by atoms with Crippen LogP contribution in [0.15, 0.2) is 54.6 Å². The summed E-state index contributed by atoms with van der Waals surface area (Å²) in [6.07, 6.45) is -3.24. The molecule has 3 rings (SSSR count). The Morgan fingerprint density at radius 2 is 1.69 bits per heavy atom. The number of nitrogens with one attached hydrogen (secondary N) is 1. The van der Waals surface area contributed by atoms with Crippen molar-refractivity contribution in [3.8, 4) is 16.9 Å². The van der Waals surface area contributed by atoms with Gasteiger partial charge in [-0.15, -0.1) is 0 Å². The lowest BCUT2D eigenvalue weighted by Crippen LogP contribution is -2.37. The van der Waals surface area contributed by atoms with Gasteiger partial charge in [0.25, 0.3) is 0 Å². The van der Waals surface area contributed by atoms with Crippen LogP contribution in [0.1, 0.15) is 12.5 Å². The fourth-order valence-corrected chi connectivity index (χ4v) is 3.02. The van der Waals surface area contributed by atoms with Gasteiger partial charge >= 0.3 is 5.97 Å². The Morgan fingerprint density at radius 3 is 2.34 bits per heavy atom. The third kappa shape index (κ3) is 5.17. The Morgan fingerprint density at radius 1 is 1.00 bits per heavy atom. The Bertz CT molecular complexity index is 1140. The molecule has 0 aliphatic heterocycles. The van der Waals surface area contributed by atoms with E-state index in [0.29, 0.717) is 11.1 Å². The number of benzene rings is 3. The lowest BCUT2D eigenvalue weighted by atomic mass is 10.0. The fraction of sp³-hybridized carbons (Fsp3) is 0.174. The summed E-state index contributed by atoms with van der Waals surface area (Å²) in [5, 5.41) is 21.0. The lowest BCUT2D eigenvalue weighted by Gasteiger charge is -2.19. The van der Waals surface area contributed by atoms with Gasteiger partial charge in [-0.1, -0.05) is 18.2 Å². The minimum atomic E-state index is -1.77. The molecule has 0 fully saturated rings. The van der Waals surface area contributed by atoms with Crippen molar-refractivity contribution in [1.82, 2.24) is 0 Å². The summed E-state index contributed by atoms with van der Waals surface area (Å²) in [6.45, 7) is 0.818. The molecule has 9 heteroatoms. The van der Waals surface area contributed by atoms with Crippen LogP contribution in [0.2, 0.25) is 0 Å². The van der Waals surface area contributed by atoms with E-state index in [0.717, 1.165) is 25.1 Å². The number of hydrogen-bond donors (Lipinski definition) is 3. The van der Waals surface area contributed by atoms with Crippen LogP contribution in [0, 0.1) is 23.3 Å². The van der Waals surface area contributed by atoms with Crippen LogP contribution < -0.4 is 10.1 Å². The van der Waals surface area contributed by atoms with Crippen molar-refractivity contribution < 1.29 is 37.3 Å². The van der Waals surface area contributed by atoms with E-state index in [4.69, 9.17) is 9.84 Å². The molecule has 0 saturated heterocycles. The van der Waals surface area contributed by atoms with Gasteiger partial charge in [-0.05, 0) is 54.4 Å². The van der Waals surface area contributed by atoms with Crippen molar-refractivity contribution in [2.45, 2.75) is 25.7 Å². The first kappa shape index (κ1) is 23.1. The second-order valence-electron chi connectivity index (χ2n) is 7.02. The molecular formula is C23H19F4NO4. The van der Waals surface area contributed by atoms with Crippen LogP contribution in [-0.4, -0.2) is 28.4 Å². The zero-order valence-corrected chi connectivity index (χ0v) is 16.8. The molecule has 0 aliphatic carbocycles. The maximum atomic E-state index is 14.8. The van der Waals surface area contributed by atoms with E-state index in [1.54, 1.807) is 6.07 Å². The summed E-state index contributed by atoms with van der Waals surface area (Å²) in [5.74, 6) is -5.50. The smallest absolute Gasteiger partial charge is 0.347 e. The minimum Gasteiger partial charge on any atom is -0.478 e. The van der Waals surface area contributed by atoms with Gasteiger partial charge in [-0.3, -0.25) is 0 Å². The van der Waals surface area contributed by atoms with Crippen LogP contribution >= 0.6 is 0 Å². The van der Waals surface area contributed by atoms with Crippen molar-refractivity contribution in [2.24, 2.45) is 0 Å². The summed E-state index contributed by atoms with van der Waals surface area (Å²) in [7, 11) is 0. The maximum Gasteiger partial charge on any atom is 0.347 e. The van der Waals surface area contributed by atoms with E-state index in [1.807, 2.05) is 0 Å². The van der Waals surface area contributed by atoms with E-state index in [9.17, 15) is 27.5 Å². The van der Waals surface area contributed by atoms with E-state index < -0.39 is 52.9 Å². The fourth-order valence-electron chi connectivity index (χ4n) is 3.02. The highest BCUT2D eigenvalue weighted by molar-refractivity contribution is 5.73. The van der Waals surface area contributed by atoms with Crippen molar-refractivity contribution in [3.63, 3.8) is 0 Å². The van der Waals surface area contributed by atoms with Gasteiger partial charge in [0, 0.05) is 12.1 Å². The monoisotopic (exact) mass is 449 g/mol. The van der Waals surface area contributed by atoms with Crippen LogP contribution in [-0.2, 0) is 11.3 Å². The van der Waals surface area contributed by atoms with Crippen molar-refractivity contribution in [3.05, 3.63) is 83.4 Å². The molecule has 5 nitrogen and oxygen atoms in total. The number of aliphatic carboxylic acids is 1. The van der Waals surface area contributed by atoms with Gasteiger partial charge in [0.1, 0.15) is 23.1 Å². The first-order valence-corrected chi connectivity index (χ1v) is 9.51. The van der Waals surface area contributed by atoms with Gasteiger partial charge in [-0.25, -0.2) is 22.4 Å². The summed E-state index contributed by atoms with van der Waals surface area (Å²) in [4.78, 5) is 11.2. The molecule has 0 spiro atoms. The molecule has 32 heavy (non-hydrogen) atoms. The summed E-state index contributed by atoms with van der Waals surface area (Å²) >= 11 is 0. The summed E-state index contributed by atoms with van der Waals surface area (Å²) in [5.41, 5.74) is 0.399. The normalized spacial score (nSPS) is 12.8. The predicted molar refractivity (Wildman–Crippen MR) is 109 cm³/mol. The number of ether oxygens (including phenoxy) is 1. The standard InChI is InChI=1S/C23H19F4NO4/c1-12(29)22(23(30)31)32-19-8-7-18(26)21(20(19)27)28-11-15-9-14(5-6-17(15)25)13-3-2-4-16(24)10-13/h2-10,12,22,28-29H,11H2,1H3,(H,30,31). The van der Waals surface area contributed by atoms with Crippen LogP contribution in [0.3, 0.4) is 0 Å². The first-order valence-electron chi connectivity index (χ1n) is 9.51. The van der Waals surface area contributed by atoms with E-state index >= 15 is 0 Å². The number of halogens is 4. The Balaban J connectivity index is 1.85. The molecule has 2 unspecified atom stereocenters. The van der Waals surface area contributed by atoms with Crippen LogP contribution in [0.4, 0.5) is 23.2 Å². The molecule has 168 valence electrons. The Kier molecular flexibility index (Phi) is 6.99. The number of carboxylic acids is 1. The summed E-state index contributed by atoms with van der Waals surface area (Å²) < 4.78 is 61.7. The topological polar surface area (TPSA) is 78.8 Å². The number of anilines is 1. The Labute approximate surface area is 180 Å². The molecule has 3 aromatic rings. The molecule has 0 bridgehead atoms. The Hall–Kier alpha value is -3.59. The molecule has 2 atom stereocenters. The molecule has 3 N–H and O–H groups in total. The van der Waals surface area contributed by atoms with Gasteiger partial charge in [0.15, 0.2) is 11.6 Å². The second kappa shape index (κ2) is 9.69. The highest BCUT2D eigenvalue weighted by atomic mass is 19.1. The molecule has 3 aromatic carbocycles. The first-order chi connectivity index (χ1) is 15.2. The number of aliphatic hydroxyl groups is 1. The van der Waals surface area contributed by atoms with Gasteiger partial charge in [-0.2, -0.15) is 0 Å². The highest BCUT2D eigenvalue weighted by Crippen LogP contribution is 2.30. The largest absolute Gasteiger partial charge is 0.478 e. The number of rotatable bonds is 8. The quantitative estimate of drug-likeness (QED) is 0.433. The van der Waals surface area contributed by atoms with Crippen LogP contribution in [0.5, 0.6) is 5.75 Å². The third-order valence-corrected chi connectivity index (χ3v) is 4.65. The molecule has 0 amide bonds. The molecule has 0 aromatic heterocycles. The molecule has 0 heterocycles. The third-order valence-electron chi connectivity index (χ3n) is 4.65. The number of carboxylic acid groups (broad SMARTS) is 1. The zero-order valence-electron chi connectivity index (χ0n) is 16.8. The van der Waals surface area contributed by atoms with E-state index in [-0.39, 0.29) is 12.1 Å². The predicted octanol–water partition coefficient (Wildman–Crippen LogP) is 4.73. The van der Waals surface area contributed by atoms with Gasteiger partial charge in [0.05, 0.1) is 6.10 Å². The average molecular weight is 449 g/mol. The second-order valence-corrected chi connectivity index (χ2v) is 7.02. The molecule has 0 radical (unpaired) electrons. The highest BCUT2D eigenvalue weighted by Gasteiger charge is 2.27. The van der Waals surface area contributed by atoms with Crippen LogP contribution in [0.25, 0.3) is 11.1 Å². The number of carbonyl (C=O) groups is 1. The average Bonchev–Trinajstić information content (AvgIpc) is 2.73. The van der Waals surface area contributed by atoms with E-state index in [1.165, 1.54) is 30.3 Å². The zero-order chi connectivity index (χ0) is 23.4. The summed E-state index contributed by atoms with van der Waals surface area (Å²) in [6, 6.07) is 11.4. The SMILES string of the molecule is CC(O)C(Oc1ccc(F)c(NCc2cc(-c3cccc(F)c3)ccc2F)c1F)C(=O)O. The molecular weight excluding hydrogens is 430 g/mol. The number of hydrogen-bond acceptors (Lipinski definition) is 4. The minimum absolute atomic E-state index is 0.0595. The lowest BCUT2D eigenvalue weighted by molar-refractivity contribution is -0.149. The van der Waals surface area contributed by atoms with Crippen molar-refractivity contribution >= 4 is 11.7 Å². The maximum absolute atomic E-state index is 14.8.